The van der Waals surface area contributed by atoms with E-state index in [1.807, 2.05) is 0 Å². The molecule has 1 aromatic rings. The van der Waals surface area contributed by atoms with Gasteiger partial charge in [0.25, 0.3) is 0 Å². The lowest BCUT2D eigenvalue weighted by atomic mass is 10.1. The standard InChI is InChI=1S/C12H17NO2S/c1-9-4-5-11(8-10(9)2)16-7-6-12(14)13-15-3/h4-5,8H,6-7H2,1-3H3,(H,13,14). The monoisotopic (exact) mass is 239 g/mol. The first-order chi connectivity index (χ1) is 7.63. The third-order valence-corrected chi connectivity index (χ3v) is 3.29. The summed E-state index contributed by atoms with van der Waals surface area (Å²) in [6, 6.07) is 6.34. The average molecular weight is 239 g/mol. The highest BCUT2D eigenvalue weighted by Gasteiger charge is 2.01. The van der Waals surface area contributed by atoms with Crippen molar-refractivity contribution in [3.63, 3.8) is 0 Å². The molecule has 0 heterocycles. The molecule has 0 radical (unpaired) electrons. The zero-order chi connectivity index (χ0) is 12.0. The van der Waals surface area contributed by atoms with Gasteiger partial charge in [0.1, 0.15) is 0 Å². The number of aryl methyl sites for hydroxylation is 2. The second-order valence-corrected chi connectivity index (χ2v) is 4.74. The van der Waals surface area contributed by atoms with Crippen LogP contribution in [0.2, 0.25) is 0 Å². The molecule has 0 unspecified atom stereocenters. The van der Waals surface area contributed by atoms with Crippen molar-refractivity contribution in [3.8, 4) is 0 Å². The number of benzene rings is 1. The maximum absolute atomic E-state index is 11.1. The molecular weight excluding hydrogens is 222 g/mol. The molecule has 0 aromatic heterocycles. The van der Waals surface area contributed by atoms with Crippen LogP contribution < -0.4 is 5.48 Å². The van der Waals surface area contributed by atoms with Gasteiger partial charge in [-0.05, 0) is 37.1 Å². The van der Waals surface area contributed by atoms with Crippen molar-refractivity contribution < 1.29 is 9.63 Å². The van der Waals surface area contributed by atoms with Gasteiger partial charge in [-0.3, -0.25) is 9.63 Å². The summed E-state index contributed by atoms with van der Waals surface area (Å²) in [4.78, 5) is 16.8. The lowest BCUT2D eigenvalue weighted by molar-refractivity contribution is -0.130. The second-order valence-electron chi connectivity index (χ2n) is 3.57. The number of amides is 1. The number of nitrogens with one attached hydrogen (secondary N) is 1. The normalized spacial score (nSPS) is 10.2. The minimum Gasteiger partial charge on any atom is -0.277 e. The van der Waals surface area contributed by atoms with Gasteiger partial charge in [-0.25, -0.2) is 5.48 Å². The number of thioether (sulfide) groups is 1. The van der Waals surface area contributed by atoms with Crippen LogP contribution in [-0.2, 0) is 9.63 Å². The first-order valence-electron chi connectivity index (χ1n) is 5.15. The molecule has 0 saturated carbocycles. The van der Waals surface area contributed by atoms with E-state index in [9.17, 15) is 4.79 Å². The maximum Gasteiger partial charge on any atom is 0.244 e. The first-order valence-corrected chi connectivity index (χ1v) is 6.14. The van der Waals surface area contributed by atoms with Crippen molar-refractivity contribution in [2.45, 2.75) is 25.2 Å². The van der Waals surface area contributed by atoms with Crippen LogP contribution in [0.4, 0.5) is 0 Å². The molecule has 0 fully saturated rings. The number of hydroxylamine groups is 1. The van der Waals surface area contributed by atoms with Crippen molar-refractivity contribution in [1.29, 1.82) is 0 Å². The quantitative estimate of drug-likeness (QED) is 0.633. The predicted molar refractivity (Wildman–Crippen MR) is 66.4 cm³/mol. The molecule has 0 atom stereocenters. The van der Waals surface area contributed by atoms with E-state index in [1.54, 1.807) is 11.8 Å². The van der Waals surface area contributed by atoms with Gasteiger partial charge in [-0.2, -0.15) is 0 Å². The zero-order valence-corrected chi connectivity index (χ0v) is 10.7. The van der Waals surface area contributed by atoms with E-state index in [1.165, 1.54) is 23.1 Å². The molecular formula is C12H17NO2S. The van der Waals surface area contributed by atoms with E-state index in [4.69, 9.17) is 0 Å². The molecule has 3 nitrogen and oxygen atoms in total. The molecule has 0 aliphatic heterocycles. The van der Waals surface area contributed by atoms with E-state index < -0.39 is 0 Å². The number of rotatable bonds is 5. The van der Waals surface area contributed by atoms with E-state index in [2.05, 4.69) is 42.4 Å². The molecule has 0 bridgehead atoms. The lowest BCUT2D eigenvalue weighted by Gasteiger charge is -2.05. The summed E-state index contributed by atoms with van der Waals surface area (Å²) in [5, 5.41) is 0. The molecule has 16 heavy (non-hydrogen) atoms. The third-order valence-electron chi connectivity index (χ3n) is 2.29. The highest BCUT2D eigenvalue weighted by molar-refractivity contribution is 7.99. The molecule has 0 saturated heterocycles. The van der Waals surface area contributed by atoms with Gasteiger partial charge in [0.05, 0.1) is 7.11 Å². The summed E-state index contributed by atoms with van der Waals surface area (Å²) in [7, 11) is 1.44. The van der Waals surface area contributed by atoms with Crippen LogP contribution in [-0.4, -0.2) is 18.8 Å². The molecule has 4 heteroatoms. The molecule has 0 spiro atoms. The van der Waals surface area contributed by atoms with Crippen LogP contribution >= 0.6 is 11.8 Å². The first kappa shape index (κ1) is 13.1. The summed E-state index contributed by atoms with van der Waals surface area (Å²) in [5.41, 5.74) is 4.88. The second kappa shape index (κ2) is 6.55. The average Bonchev–Trinajstić information content (AvgIpc) is 2.24. The molecule has 1 aromatic carbocycles. The lowest BCUT2D eigenvalue weighted by Crippen LogP contribution is -2.21. The van der Waals surface area contributed by atoms with E-state index >= 15 is 0 Å². The predicted octanol–water partition coefficient (Wildman–Crippen LogP) is 2.46. The molecule has 1 rings (SSSR count). The Morgan fingerprint density at radius 3 is 2.75 bits per heavy atom. The SMILES string of the molecule is CONC(=O)CCSc1ccc(C)c(C)c1. The Morgan fingerprint density at radius 2 is 2.12 bits per heavy atom. The van der Waals surface area contributed by atoms with Crippen LogP contribution in [0.1, 0.15) is 17.5 Å². The van der Waals surface area contributed by atoms with Crippen LogP contribution in [0.3, 0.4) is 0 Å². The van der Waals surface area contributed by atoms with Gasteiger partial charge in [0, 0.05) is 17.1 Å². The Kier molecular flexibility index (Phi) is 5.35. The van der Waals surface area contributed by atoms with Crippen molar-refractivity contribution in [3.05, 3.63) is 29.3 Å². The maximum atomic E-state index is 11.1. The Balaban J connectivity index is 2.37. The fourth-order valence-corrected chi connectivity index (χ4v) is 2.18. The fourth-order valence-electron chi connectivity index (χ4n) is 1.23. The third kappa shape index (κ3) is 4.24. The molecule has 0 aliphatic carbocycles. The van der Waals surface area contributed by atoms with E-state index in [-0.39, 0.29) is 5.91 Å². The van der Waals surface area contributed by atoms with Gasteiger partial charge in [-0.1, -0.05) is 6.07 Å². The van der Waals surface area contributed by atoms with Gasteiger partial charge < -0.3 is 0 Å². The summed E-state index contributed by atoms with van der Waals surface area (Å²) < 4.78 is 0. The molecule has 0 aliphatic rings. The molecule has 1 amide bonds. The summed E-state index contributed by atoms with van der Waals surface area (Å²) in [5.74, 6) is 0.677. The largest absolute Gasteiger partial charge is 0.277 e. The minimum absolute atomic E-state index is 0.0844. The highest BCUT2D eigenvalue weighted by Crippen LogP contribution is 2.21. The van der Waals surface area contributed by atoms with Gasteiger partial charge in [0.15, 0.2) is 0 Å². The number of carbonyl (C=O) groups excluding carboxylic acids is 1. The zero-order valence-electron chi connectivity index (χ0n) is 9.87. The molecule has 88 valence electrons. The Morgan fingerprint density at radius 1 is 1.38 bits per heavy atom. The summed E-state index contributed by atoms with van der Waals surface area (Å²) in [6.07, 6.45) is 0.464. The van der Waals surface area contributed by atoms with Crippen molar-refractivity contribution in [2.75, 3.05) is 12.9 Å². The van der Waals surface area contributed by atoms with Crippen LogP contribution in [0.15, 0.2) is 23.1 Å². The van der Waals surface area contributed by atoms with Crippen LogP contribution in [0.5, 0.6) is 0 Å². The Labute approximate surface area is 101 Å². The number of hydrogen-bond acceptors (Lipinski definition) is 3. The van der Waals surface area contributed by atoms with Gasteiger partial charge >= 0.3 is 0 Å². The summed E-state index contributed by atoms with van der Waals surface area (Å²) >= 11 is 1.68. The molecule has 1 N–H and O–H groups in total. The van der Waals surface area contributed by atoms with Crippen LogP contribution in [0, 0.1) is 13.8 Å². The summed E-state index contributed by atoms with van der Waals surface area (Å²) in [6.45, 7) is 4.19. The van der Waals surface area contributed by atoms with Gasteiger partial charge in [-0.15, -0.1) is 11.8 Å². The Hall–Kier alpha value is -1.00. The van der Waals surface area contributed by atoms with E-state index in [0.717, 1.165) is 5.75 Å². The smallest absolute Gasteiger partial charge is 0.244 e. The fraction of sp³-hybridized carbons (Fsp3) is 0.417. The minimum atomic E-state index is -0.0844. The Bertz CT molecular complexity index is 366. The van der Waals surface area contributed by atoms with Crippen molar-refractivity contribution in [1.82, 2.24) is 5.48 Å². The van der Waals surface area contributed by atoms with Crippen molar-refractivity contribution >= 4 is 17.7 Å². The number of carbonyl (C=O) groups is 1. The highest BCUT2D eigenvalue weighted by atomic mass is 32.2. The van der Waals surface area contributed by atoms with Crippen LogP contribution in [0.25, 0.3) is 0 Å². The van der Waals surface area contributed by atoms with Crippen molar-refractivity contribution in [2.24, 2.45) is 0 Å². The van der Waals surface area contributed by atoms with Gasteiger partial charge in [0.2, 0.25) is 5.91 Å². The van der Waals surface area contributed by atoms with E-state index in [0.29, 0.717) is 6.42 Å². The topological polar surface area (TPSA) is 38.3 Å². The number of hydrogen-bond donors (Lipinski definition) is 1.